The molecular weight excluding hydrogens is 292 g/mol. The number of nitrogens with one attached hydrogen (secondary N) is 1. The molecule has 0 aliphatic heterocycles. The van der Waals surface area contributed by atoms with E-state index in [1.54, 1.807) is 6.20 Å². The molecule has 1 N–H and O–H groups in total. The maximum absolute atomic E-state index is 5.73. The van der Waals surface area contributed by atoms with Gasteiger partial charge in [-0.1, -0.05) is 28.9 Å². The Bertz CT molecular complexity index is 522. The number of nitrogens with zero attached hydrogens (tertiary/aromatic N) is 1. The number of hydrogen-bond acceptors (Lipinski definition) is 3. The fourth-order valence-corrected chi connectivity index (χ4v) is 2.40. The van der Waals surface area contributed by atoms with Crippen LogP contribution in [0.2, 0.25) is 0 Å². The largest absolute Gasteiger partial charge is 0.439 e. The second kappa shape index (κ2) is 6.16. The molecule has 96 valence electrons. The van der Waals surface area contributed by atoms with Crippen LogP contribution in [0.4, 0.5) is 0 Å². The van der Waals surface area contributed by atoms with Crippen molar-refractivity contribution >= 4 is 15.9 Å². The second-order valence-corrected chi connectivity index (χ2v) is 5.13. The molecule has 0 fully saturated rings. The Balaban J connectivity index is 2.13. The Hall–Kier alpha value is -1.13. The van der Waals surface area contributed by atoms with E-state index in [1.807, 2.05) is 6.07 Å². The van der Waals surface area contributed by atoms with Crippen LogP contribution in [-0.2, 0) is 6.54 Å². The lowest BCUT2D eigenvalue weighted by Crippen LogP contribution is -2.13. The fourth-order valence-electron chi connectivity index (χ4n) is 1.71. The number of hydrogen-bond donors (Lipinski definition) is 1. The molecule has 2 aromatic rings. The summed E-state index contributed by atoms with van der Waals surface area (Å²) in [5.74, 6) is 1.53. The van der Waals surface area contributed by atoms with Crippen molar-refractivity contribution in [3.05, 3.63) is 40.3 Å². The van der Waals surface area contributed by atoms with E-state index in [0.717, 1.165) is 34.7 Å². The summed E-state index contributed by atoms with van der Waals surface area (Å²) in [5.41, 5.74) is 2.25. The topological polar surface area (TPSA) is 38.1 Å². The van der Waals surface area contributed by atoms with E-state index >= 15 is 0 Å². The zero-order valence-electron chi connectivity index (χ0n) is 10.7. The van der Waals surface area contributed by atoms with Crippen LogP contribution in [0.25, 0.3) is 11.3 Å². The molecule has 0 saturated carbocycles. The van der Waals surface area contributed by atoms with Gasteiger partial charge in [0.2, 0.25) is 5.89 Å². The first-order valence-electron chi connectivity index (χ1n) is 6.12. The molecule has 0 radical (unpaired) electrons. The molecule has 3 nitrogen and oxygen atoms in total. The van der Waals surface area contributed by atoms with E-state index in [-0.39, 0.29) is 0 Å². The standard InChI is InChI=1S/C14H17BrN2O/c1-3-6-16-9-14-17-8-13(18-14)11-5-4-10(2)7-12(11)15/h4-5,7-8,16H,3,6,9H2,1-2H3. The van der Waals surface area contributed by atoms with Gasteiger partial charge in [-0.3, -0.25) is 0 Å². The molecule has 0 spiro atoms. The molecule has 0 atom stereocenters. The minimum absolute atomic E-state index is 0.678. The van der Waals surface area contributed by atoms with Gasteiger partial charge in [0.15, 0.2) is 5.76 Å². The highest BCUT2D eigenvalue weighted by Gasteiger charge is 2.09. The average molecular weight is 309 g/mol. The van der Waals surface area contributed by atoms with Crippen molar-refractivity contribution in [1.29, 1.82) is 0 Å². The quantitative estimate of drug-likeness (QED) is 0.851. The Morgan fingerprint density at radius 2 is 2.22 bits per heavy atom. The first-order valence-corrected chi connectivity index (χ1v) is 6.92. The summed E-state index contributed by atoms with van der Waals surface area (Å²) in [6.07, 6.45) is 2.88. The molecule has 4 heteroatoms. The van der Waals surface area contributed by atoms with Crippen LogP contribution in [0, 0.1) is 6.92 Å². The van der Waals surface area contributed by atoms with Crippen molar-refractivity contribution in [2.75, 3.05) is 6.54 Å². The summed E-state index contributed by atoms with van der Waals surface area (Å²) in [6.45, 7) is 5.86. The zero-order chi connectivity index (χ0) is 13.0. The SMILES string of the molecule is CCCNCc1ncc(-c2ccc(C)cc2Br)o1. The molecular formula is C14H17BrN2O. The third-order valence-electron chi connectivity index (χ3n) is 2.65. The molecule has 0 amide bonds. The van der Waals surface area contributed by atoms with E-state index in [0.29, 0.717) is 6.54 Å². The summed E-state index contributed by atoms with van der Waals surface area (Å²) >= 11 is 3.55. The molecule has 0 aliphatic carbocycles. The predicted octanol–water partition coefficient (Wildman–Crippen LogP) is 3.91. The van der Waals surface area contributed by atoms with Crippen molar-refractivity contribution in [3.63, 3.8) is 0 Å². The molecule has 0 aliphatic rings. The van der Waals surface area contributed by atoms with Gasteiger partial charge in [0.05, 0.1) is 12.7 Å². The number of halogens is 1. The summed E-state index contributed by atoms with van der Waals surface area (Å²) in [4.78, 5) is 4.28. The van der Waals surface area contributed by atoms with Crippen molar-refractivity contribution in [2.24, 2.45) is 0 Å². The third-order valence-corrected chi connectivity index (χ3v) is 3.30. The van der Waals surface area contributed by atoms with Crippen LogP contribution < -0.4 is 5.32 Å². The Kier molecular flexibility index (Phi) is 4.55. The van der Waals surface area contributed by atoms with Gasteiger partial charge >= 0.3 is 0 Å². The van der Waals surface area contributed by atoms with Crippen molar-refractivity contribution in [1.82, 2.24) is 10.3 Å². The van der Waals surface area contributed by atoms with Gasteiger partial charge < -0.3 is 9.73 Å². The summed E-state index contributed by atoms with van der Waals surface area (Å²) < 4.78 is 6.77. The van der Waals surface area contributed by atoms with E-state index in [9.17, 15) is 0 Å². The third kappa shape index (κ3) is 3.21. The Morgan fingerprint density at radius 1 is 1.39 bits per heavy atom. The van der Waals surface area contributed by atoms with Crippen LogP contribution in [0.3, 0.4) is 0 Å². The number of oxazole rings is 1. The highest BCUT2D eigenvalue weighted by Crippen LogP contribution is 2.29. The van der Waals surface area contributed by atoms with Gasteiger partial charge in [0, 0.05) is 10.0 Å². The molecule has 0 unspecified atom stereocenters. The van der Waals surface area contributed by atoms with E-state index < -0.39 is 0 Å². The maximum Gasteiger partial charge on any atom is 0.208 e. The molecule has 1 aromatic heterocycles. The lowest BCUT2D eigenvalue weighted by Gasteiger charge is -2.02. The number of benzene rings is 1. The molecule has 1 aromatic carbocycles. The van der Waals surface area contributed by atoms with Crippen LogP contribution in [0.1, 0.15) is 24.8 Å². The highest BCUT2D eigenvalue weighted by molar-refractivity contribution is 9.10. The van der Waals surface area contributed by atoms with Gasteiger partial charge in [0.1, 0.15) is 0 Å². The lowest BCUT2D eigenvalue weighted by molar-refractivity contribution is 0.477. The van der Waals surface area contributed by atoms with E-state index in [2.05, 4.69) is 52.2 Å². The van der Waals surface area contributed by atoms with Gasteiger partial charge in [-0.25, -0.2) is 4.98 Å². The van der Waals surface area contributed by atoms with Crippen LogP contribution in [0.15, 0.2) is 33.3 Å². The van der Waals surface area contributed by atoms with E-state index in [1.165, 1.54) is 5.56 Å². The minimum atomic E-state index is 0.678. The smallest absolute Gasteiger partial charge is 0.208 e. The first-order chi connectivity index (χ1) is 8.70. The van der Waals surface area contributed by atoms with Crippen molar-refractivity contribution < 1.29 is 4.42 Å². The molecule has 1 heterocycles. The van der Waals surface area contributed by atoms with Gasteiger partial charge in [-0.15, -0.1) is 0 Å². The van der Waals surface area contributed by atoms with Crippen LogP contribution >= 0.6 is 15.9 Å². The maximum atomic E-state index is 5.73. The van der Waals surface area contributed by atoms with Crippen LogP contribution in [0.5, 0.6) is 0 Å². The van der Waals surface area contributed by atoms with Crippen LogP contribution in [-0.4, -0.2) is 11.5 Å². The Morgan fingerprint density at radius 3 is 2.94 bits per heavy atom. The fraction of sp³-hybridized carbons (Fsp3) is 0.357. The van der Waals surface area contributed by atoms with E-state index in [4.69, 9.17) is 4.42 Å². The average Bonchev–Trinajstić information content (AvgIpc) is 2.78. The number of rotatable bonds is 5. The number of aromatic nitrogens is 1. The zero-order valence-corrected chi connectivity index (χ0v) is 12.3. The molecule has 0 bridgehead atoms. The minimum Gasteiger partial charge on any atom is -0.439 e. The second-order valence-electron chi connectivity index (χ2n) is 4.28. The van der Waals surface area contributed by atoms with Gasteiger partial charge in [-0.05, 0) is 37.6 Å². The molecule has 18 heavy (non-hydrogen) atoms. The van der Waals surface area contributed by atoms with Crippen molar-refractivity contribution in [2.45, 2.75) is 26.8 Å². The molecule has 2 rings (SSSR count). The monoisotopic (exact) mass is 308 g/mol. The van der Waals surface area contributed by atoms with Gasteiger partial charge in [-0.2, -0.15) is 0 Å². The first kappa shape index (κ1) is 13.3. The number of aryl methyl sites for hydroxylation is 1. The van der Waals surface area contributed by atoms with Gasteiger partial charge in [0.25, 0.3) is 0 Å². The summed E-state index contributed by atoms with van der Waals surface area (Å²) in [7, 11) is 0. The Labute approximate surface area is 116 Å². The summed E-state index contributed by atoms with van der Waals surface area (Å²) in [5, 5.41) is 3.27. The molecule has 0 saturated heterocycles. The summed E-state index contributed by atoms with van der Waals surface area (Å²) in [6, 6.07) is 6.19. The predicted molar refractivity (Wildman–Crippen MR) is 76.4 cm³/mol. The highest BCUT2D eigenvalue weighted by atomic mass is 79.9. The lowest BCUT2D eigenvalue weighted by atomic mass is 10.1. The van der Waals surface area contributed by atoms with Crippen molar-refractivity contribution in [3.8, 4) is 11.3 Å². The normalized spacial score (nSPS) is 10.8.